The lowest BCUT2D eigenvalue weighted by molar-refractivity contribution is -0.139. The SMILES string of the molecule is CCCNC(=O)[C@H](C)N(Cc1cccc(Cl)c1)C(=O)CN(c1ccc(Br)cc1)S(C)(=O)=O. The minimum Gasteiger partial charge on any atom is -0.354 e. The summed E-state index contributed by atoms with van der Waals surface area (Å²) in [5, 5.41) is 3.30. The second kappa shape index (κ2) is 11.7. The molecule has 1 atom stereocenters. The lowest BCUT2D eigenvalue weighted by atomic mass is 10.1. The topological polar surface area (TPSA) is 86.8 Å². The molecule has 0 aromatic heterocycles. The Morgan fingerprint density at radius 2 is 1.81 bits per heavy atom. The molecule has 2 aromatic rings. The van der Waals surface area contributed by atoms with Crippen molar-refractivity contribution < 1.29 is 18.0 Å². The molecule has 0 saturated carbocycles. The zero-order valence-electron chi connectivity index (χ0n) is 18.2. The molecule has 0 aliphatic carbocycles. The van der Waals surface area contributed by atoms with Crippen LogP contribution in [0.3, 0.4) is 0 Å². The first-order chi connectivity index (χ1) is 15.0. The minimum atomic E-state index is -3.75. The standard InChI is InChI=1S/C22H27BrClN3O4S/c1-4-12-25-22(29)16(2)26(14-17-6-5-7-19(24)13-17)21(28)15-27(32(3,30)31)20-10-8-18(23)9-11-20/h5-11,13,16H,4,12,14-15H2,1-3H3,(H,25,29)/t16-/m0/s1. The molecule has 10 heteroatoms. The number of amides is 2. The fourth-order valence-corrected chi connectivity index (χ4v) is 4.36. The van der Waals surface area contributed by atoms with Crippen LogP contribution >= 0.6 is 27.5 Å². The first-order valence-corrected chi connectivity index (χ1v) is 13.1. The molecule has 0 unspecified atom stereocenters. The summed E-state index contributed by atoms with van der Waals surface area (Å²) in [4.78, 5) is 27.3. The van der Waals surface area contributed by atoms with Crippen LogP contribution in [0.25, 0.3) is 0 Å². The summed E-state index contributed by atoms with van der Waals surface area (Å²) < 4.78 is 26.8. The lowest BCUT2D eigenvalue weighted by Crippen LogP contribution is -2.51. The third-order valence-corrected chi connectivity index (χ3v) is 6.66. The highest BCUT2D eigenvalue weighted by molar-refractivity contribution is 9.10. The molecule has 7 nitrogen and oxygen atoms in total. The van der Waals surface area contributed by atoms with E-state index in [1.807, 2.05) is 6.92 Å². The number of nitrogens with one attached hydrogen (secondary N) is 1. The maximum Gasteiger partial charge on any atom is 0.244 e. The normalized spacial score (nSPS) is 12.2. The fourth-order valence-electron chi connectivity index (χ4n) is 3.03. The molecule has 0 aliphatic heterocycles. The molecule has 0 heterocycles. The Morgan fingerprint density at radius 3 is 2.38 bits per heavy atom. The molecule has 0 saturated heterocycles. The maximum absolute atomic E-state index is 13.3. The van der Waals surface area contributed by atoms with Gasteiger partial charge in [0.25, 0.3) is 0 Å². The van der Waals surface area contributed by atoms with E-state index in [1.54, 1.807) is 55.5 Å². The van der Waals surface area contributed by atoms with E-state index in [2.05, 4.69) is 21.2 Å². The highest BCUT2D eigenvalue weighted by atomic mass is 79.9. The van der Waals surface area contributed by atoms with Crippen LogP contribution in [0.5, 0.6) is 0 Å². The van der Waals surface area contributed by atoms with Crippen LogP contribution in [0.15, 0.2) is 53.0 Å². The van der Waals surface area contributed by atoms with Gasteiger partial charge in [0.1, 0.15) is 12.6 Å². The van der Waals surface area contributed by atoms with Crippen molar-refractivity contribution in [2.75, 3.05) is 23.7 Å². The molecule has 0 aliphatic rings. The Hall–Kier alpha value is -2.10. The Morgan fingerprint density at radius 1 is 1.16 bits per heavy atom. The van der Waals surface area contributed by atoms with E-state index in [4.69, 9.17) is 11.6 Å². The van der Waals surface area contributed by atoms with E-state index >= 15 is 0 Å². The zero-order chi connectivity index (χ0) is 23.9. The Bertz CT molecular complexity index is 1050. The quantitative estimate of drug-likeness (QED) is 0.493. The maximum atomic E-state index is 13.3. The van der Waals surface area contributed by atoms with Gasteiger partial charge in [-0.25, -0.2) is 8.42 Å². The summed E-state index contributed by atoms with van der Waals surface area (Å²) in [6, 6.07) is 12.8. The van der Waals surface area contributed by atoms with Gasteiger partial charge in [-0.1, -0.05) is 46.6 Å². The molecular formula is C22H27BrClN3O4S. The van der Waals surface area contributed by atoms with Crippen molar-refractivity contribution in [1.29, 1.82) is 0 Å². The van der Waals surface area contributed by atoms with Gasteiger partial charge in [0.15, 0.2) is 0 Å². The molecule has 1 N–H and O–H groups in total. The number of nitrogens with zero attached hydrogens (tertiary/aromatic N) is 2. The lowest BCUT2D eigenvalue weighted by Gasteiger charge is -2.31. The predicted molar refractivity (Wildman–Crippen MR) is 131 cm³/mol. The van der Waals surface area contributed by atoms with Gasteiger partial charge in [-0.05, 0) is 55.3 Å². The molecule has 0 fully saturated rings. The number of hydrogen-bond donors (Lipinski definition) is 1. The number of rotatable bonds is 10. The van der Waals surface area contributed by atoms with E-state index in [0.29, 0.717) is 17.3 Å². The highest BCUT2D eigenvalue weighted by Gasteiger charge is 2.30. The van der Waals surface area contributed by atoms with E-state index in [0.717, 1.165) is 27.0 Å². The molecule has 0 spiro atoms. The number of carbonyl (C=O) groups is 2. The first-order valence-electron chi connectivity index (χ1n) is 10.1. The average molecular weight is 545 g/mol. The van der Waals surface area contributed by atoms with Crippen LogP contribution in [0.1, 0.15) is 25.8 Å². The number of hydrogen-bond acceptors (Lipinski definition) is 4. The van der Waals surface area contributed by atoms with Crippen molar-refractivity contribution in [2.24, 2.45) is 0 Å². The Balaban J connectivity index is 2.35. The van der Waals surface area contributed by atoms with Crippen molar-refractivity contribution >= 4 is 55.1 Å². The summed E-state index contributed by atoms with van der Waals surface area (Å²) in [6.07, 6.45) is 1.80. The minimum absolute atomic E-state index is 0.109. The Kier molecular flexibility index (Phi) is 9.54. The monoisotopic (exact) mass is 543 g/mol. The van der Waals surface area contributed by atoms with Crippen LogP contribution in [0, 0.1) is 0 Å². The van der Waals surface area contributed by atoms with Crippen molar-refractivity contribution in [3.63, 3.8) is 0 Å². The molecule has 2 amide bonds. The number of sulfonamides is 1. The zero-order valence-corrected chi connectivity index (χ0v) is 21.4. The summed E-state index contributed by atoms with van der Waals surface area (Å²) in [6.45, 7) is 3.71. The van der Waals surface area contributed by atoms with Crippen LogP contribution in [-0.4, -0.2) is 50.5 Å². The average Bonchev–Trinajstić information content (AvgIpc) is 2.73. The van der Waals surface area contributed by atoms with Gasteiger partial charge in [0.2, 0.25) is 21.8 Å². The third-order valence-electron chi connectivity index (χ3n) is 4.75. The molecular weight excluding hydrogens is 518 g/mol. The predicted octanol–water partition coefficient (Wildman–Crippen LogP) is 3.81. The van der Waals surface area contributed by atoms with Gasteiger partial charge in [-0.3, -0.25) is 13.9 Å². The number of anilines is 1. The third kappa shape index (κ3) is 7.50. The van der Waals surface area contributed by atoms with Gasteiger partial charge < -0.3 is 10.2 Å². The number of carbonyl (C=O) groups excluding carboxylic acids is 2. The van der Waals surface area contributed by atoms with E-state index in [-0.39, 0.29) is 12.5 Å². The highest BCUT2D eigenvalue weighted by Crippen LogP contribution is 2.22. The van der Waals surface area contributed by atoms with Crippen LogP contribution in [0.4, 0.5) is 5.69 Å². The van der Waals surface area contributed by atoms with Crippen molar-refractivity contribution in [2.45, 2.75) is 32.9 Å². The van der Waals surface area contributed by atoms with Gasteiger partial charge in [-0.2, -0.15) is 0 Å². The Labute approximate surface area is 202 Å². The second-order valence-electron chi connectivity index (χ2n) is 7.36. The molecule has 174 valence electrons. The molecule has 2 rings (SSSR count). The largest absolute Gasteiger partial charge is 0.354 e. The first kappa shape index (κ1) is 26.2. The summed E-state index contributed by atoms with van der Waals surface area (Å²) >= 11 is 9.40. The molecule has 32 heavy (non-hydrogen) atoms. The van der Waals surface area contributed by atoms with Gasteiger partial charge in [-0.15, -0.1) is 0 Å². The van der Waals surface area contributed by atoms with Crippen molar-refractivity contribution in [3.05, 3.63) is 63.6 Å². The van der Waals surface area contributed by atoms with Gasteiger partial charge in [0, 0.05) is 22.6 Å². The van der Waals surface area contributed by atoms with E-state index in [1.165, 1.54) is 4.90 Å². The molecule has 2 aromatic carbocycles. The number of benzene rings is 2. The van der Waals surface area contributed by atoms with E-state index in [9.17, 15) is 18.0 Å². The van der Waals surface area contributed by atoms with Gasteiger partial charge >= 0.3 is 0 Å². The van der Waals surface area contributed by atoms with Gasteiger partial charge in [0.05, 0.1) is 11.9 Å². The van der Waals surface area contributed by atoms with Crippen molar-refractivity contribution in [3.8, 4) is 0 Å². The number of halogens is 2. The summed E-state index contributed by atoms with van der Waals surface area (Å²) in [5.41, 5.74) is 1.09. The van der Waals surface area contributed by atoms with E-state index < -0.39 is 28.5 Å². The molecule has 0 radical (unpaired) electrons. The van der Waals surface area contributed by atoms with Crippen LogP contribution in [-0.2, 0) is 26.2 Å². The second-order valence-corrected chi connectivity index (χ2v) is 10.6. The summed E-state index contributed by atoms with van der Waals surface area (Å²) in [7, 11) is -3.75. The fraction of sp³-hybridized carbons (Fsp3) is 0.364. The smallest absolute Gasteiger partial charge is 0.244 e. The molecule has 0 bridgehead atoms. The summed E-state index contributed by atoms with van der Waals surface area (Å²) in [5.74, 6) is -0.811. The van der Waals surface area contributed by atoms with Crippen molar-refractivity contribution in [1.82, 2.24) is 10.2 Å². The van der Waals surface area contributed by atoms with Crippen LogP contribution in [0.2, 0.25) is 5.02 Å². The van der Waals surface area contributed by atoms with Crippen LogP contribution < -0.4 is 9.62 Å².